The van der Waals surface area contributed by atoms with Crippen LogP contribution in [-0.4, -0.2) is 13.0 Å². The Balaban J connectivity index is 2.34. The van der Waals surface area contributed by atoms with E-state index in [0.29, 0.717) is 16.8 Å². The predicted octanol–water partition coefficient (Wildman–Crippen LogP) is 3.44. The number of rotatable bonds is 2. The molecule has 0 heterocycles. The summed E-state index contributed by atoms with van der Waals surface area (Å²) in [5.41, 5.74) is 1.72. The number of anilines is 1. The van der Waals surface area contributed by atoms with E-state index in [9.17, 15) is 4.79 Å². The maximum absolute atomic E-state index is 12.3. The zero-order chi connectivity index (χ0) is 13.8. The highest BCUT2D eigenvalue weighted by Crippen LogP contribution is 2.20. The van der Waals surface area contributed by atoms with Crippen molar-refractivity contribution >= 4 is 34.2 Å². The fourth-order valence-electron chi connectivity index (χ4n) is 1.76. The standard InChI is InChI=1S/C15H11IN2O/c1-18(14-5-3-2-4-12(14)10-17)15(19)11-6-8-13(16)9-7-11/h2-9H,1H3. The van der Waals surface area contributed by atoms with E-state index >= 15 is 0 Å². The van der Waals surface area contributed by atoms with Gasteiger partial charge in [-0.2, -0.15) is 5.26 Å². The number of para-hydroxylation sites is 1. The first-order valence-electron chi connectivity index (χ1n) is 5.66. The molecule has 0 saturated heterocycles. The maximum atomic E-state index is 12.3. The summed E-state index contributed by atoms with van der Waals surface area (Å²) in [5.74, 6) is -0.126. The van der Waals surface area contributed by atoms with Gasteiger partial charge in [0.15, 0.2) is 0 Å². The van der Waals surface area contributed by atoms with Gasteiger partial charge in [-0.3, -0.25) is 4.79 Å². The minimum atomic E-state index is -0.126. The molecule has 0 aliphatic carbocycles. The Labute approximate surface area is 125 Å². The van der Waals surface area contributed by atoms with Crippen molar-refractivity contribution in [1.82, 2.24) is 0 Å². The average Bonchev–Trinajstić information content (AvgIpc) is 2.46. The summed E-state index contributed by atoms with van der Waals surface area (Å²) in [6.07, 6.45) is 0. The fraction of sp³-hybridized carbons (Fsp3) is 0.0667. The number of amides is 1. The molecular formula is C15H11IN2O. The summed E-state index contributed by atoms with van der Waals surface area (Å²) in [5, 5.41) is 9.07. The van der Waals surface area contributed by atoms with Crippen LogP contribution in [0.2, 0.25) is 0 Å². The lowest BCUT2D eigenvalue weighted by Crippen LogP contribution is -2.26. The molecule has 0 aliphatic heterocycles. The third-order valence-electron chi connectivity index (χ3n) is 2.78. The Bertz CT molecular complexity index is 644. The summed E-state index contributed by atoms with van der Waals surface area (Å²) in [6, 6.07) is 16.5. The molecule has 0 bridgehead atoms. The van der Waals surface area contributed by atoms with Crippen molar-refractivity contribution in [2.45, 2.75) is 0 Å². The molecule has 0 aliphatic rings. The fourth-order valence-corrected chi connectivity index (χ4v) is 2.12. The maximum Gasteiger partial charge on any atom is 0.258 e. The molecule has 0 atom stereocenters. The molecule has 0 radical (unpaired) electrons. The van der Waals surface area contributed by atoms with Gasteiger partial charge < -0.3 is 4.90 Å². The Morgan fingerprint density at radius 3 is 2.42 bits per heavy atom. The van der Waals surface area contributed by atoms with Gasteiger partial charge in [0.25, 0.3) is 5.91 Å². The van der Waals surface area contributed by atoms with Gasteiger partial charge in [-0.25, -0.2) is 0 Å². The second-order valence-electron chi connectivity index (χ2n) is 4.00. The third kappa shape index (κ3) is 2.93. The van der Waals surface area contributed by atoms with Crippen molar-refractivity contribution in [3.63, 3.8) is 0 Å². The van der Waals surface area contributed by atoms with Crippen LogP contribution < -0.4 is 4.90 Å². The van der Waals surface area contributed by atoms with E-state index in [1.807, 2.05) is 18.2 Å². The zero-order valence-electron chi connectivity index (χ0n) is 10.3. The second-order valence-corrected chi connectivity index (χ2v) is 5.25. The lowest BCUT2D eigenvalue weighted by Gasteiger charge is -2.18. The van der Waals surface area contributed by atoms with E-state index in [1.54, 1.807) is 37.4 Å². The van der Waals surface area contributed by atoms with Crippen LogP contribution in [0.1, 0.15) is 15.9 Å². The van der Waals surface area contributed by atoms with E-state index in [1.165, 1.54) is 4.90 Å². The normalized spacial score (nSPS) is 9.74. The highest BCUT2D eigenvalue weighted by atomic mass is 127. The monoisotopic (exact) mass is 362 g/mol. The molecule has 0 saturated carbocycles. The SMILES string of the molecule is CN(C(=O)c1ccc(I)cc1)c1ccccc1C#N. The number of nitriles is 1. The Morgan fingerprint density at radius 2 is 1.79 bits per heavy atom. The molecular weight excluding hydrogens is 351 g/mol. The molecule has 0 spiro atoms. The van der Waals surface area contributed by atoms with Gasteiger partial charge in [-0.05, 0) is 59.0 Å². The first-order chi connectivity index (χ1) is 9.13. The molecule has 19 heavy (non-hydrogen) atoms. The number of carbonyl (C=O) groups excluding carboxylic acids is 1. The average molecular weight is 362 g/mol. The third-order valence-corrected chi connectivity index (χ3v) is 3.50. The molecule has 0 aromatic heterocycles. The summed E-state index contributed by atoms with van der Waals surface area (Å²) in [4.78, 5) is 13.8. The van der Waals surface area contributed by atoms with Crippen molar-refractivity contribution in [2.75, 3.05) is 11.9 Å². The summed E-state index contributed by atoms with van der Waals surface area (Å²) < 4.78 is 1.08. The van der Waals surface area contributed by atoms with Crippen molar-refractivity contribution < 1.29 is 4.79 Å². The van der Waals surface area contributed by atoms with Crippen LogP contribution in [0.5, 0.6) is 0 Å². The Kier molecular flexibility index (Phi) is 4.17. The molecule has 0 unspecified atom stereocenters. The second kappa shape index (κ2) is 5.85. The van der Waals surface area contributed by atoms with Gasteiger partial charge >= 0.3 is 0 Å². The lowest BCUT2D eigenvalue weighted by atomic mass is 10.1. The Morgan fingerprint density at radius 1 is 1.16 bits per heavy atom. The zero-order valence-corrected chi connectivity index (χ0v) is 12.5. The van der Waals surface area contributed by atoms with Crippen LogP contribution in [0.3, 0.4) is 0 Å². The van der Waals surface area contributed by atoms with Gasteiger partial charge in [0.05, 0.1) is 11.3 Å². The van der Waals surface area contributed by atoms with Crippen LogP contribution in [0, 0.1) is 14.9 Å². The number of hydrogen-bond donors (Lipinski definition) is 0. The van der Waals surface area contributed by atoms with Crippen LogP contribution >= 0.6 is 22.6 Å². The van der Waals surface area contributed by atoms with Crippen molar-refractivity contribution in [1.29, 1.82) is 5.26 Å². The quantitative estimate of drug-likeness (QED) is 0.769. The van der Waals surface area contributed by atoms with Crippen LogP contribution in [-0.2, 0) is 0 Å². The number of halogens is 1. The molecule has 94 valence electrons. The summed E-state index contributed by atoms with van der Waals surface area (Å²) in [6.45, 7) is 0. The van der Waals surface area contributed by atoms with E-state index in [4.69, 9.17) is 5.26 Å². The highest BCUT2D eigenvalue weighted by molar-refractivity contribution is 14.1. The first-order valence-corrected chi connectivity index (χ1v) is 6.74. The first kappa shape index (κ1) is 13.6. The molecule has 4 heteroatoms. The molecule has 2 rings (SSSR count). The predicted molar refractivity (Wildman–Crippen MR) is 83.0 cm³/mol. The molecule has 2 aromatic rings. The van der Waals surface area contributed by atoms with Gasteiger partial charge in [0, 0.05) is 16.2 Å². The largest absolute Gasteiger partial charge is 0.310 e. The van der Waals surface area contributed by atoms with Crippen molar-refractivity contribution in [3.8, 4) is 6.07 Å². The number of hydrogen-bond acceptors (Lipinski definition) is 2. The smallest absolute Gasteiger partial charge is 0.258 e. The lowest BCUT2D eigenvalue weighted by molar-refractivity contribution is 0.0993. The molecule has 3 nitrogen and oxygen atoms in total. The molecule has 0 fully saturated rings. The van der Waals surface area contributed by atoms with Crippen molar-refractivity contribution in [2.24, 2.45) is 0 Å². The van der Waals surface area contributed by atoms with Gasteiger partial charge in [0.2, 0.25) is 0 Å². The summed E-state index contributed by atoms with van der Waals surface area (Å²) in [7, 11) is 1.68. The van der Waals surface area contributed by atoms with Crippen LogP contribution in [0.15, 0.2) is 48.5 Å². The van der Waals surface area contributed by atoms with E-state index in [2.05, 4.69) is 28.7 Å². The highest BCUT2D eigenvalue weighted by Gasteiger charge is 2.15. The van der Waals surface area contributed by atoms with E-state index in [-0.39, 0.29) is 5.91 Å². The topological polar surface area (TPSA) is 44.1 Å². The Hall–Kier alpha value is -1.87. The van der Waals surface area contributed by atoms with Crippen molar-refractivity contribution in [3.05, 3.63) is 63.2 Å². The minimum absolute atomic E-state index is 0.126. The van der Waals surface area contributed by atoms with Crippen LogP contribution in [0.25, 0.3) is 0 Å². The number of nitrogens with zero attached hydrogens (tertiary/aromatic N) is 2. The van der Waals surface area contributed by atoms with Gasteiger partial charge in [-0.1, -0.05) is 12.1 Å². The van der Waals surface area contributed by atoms with E-state index < -0.39 is 0 Å². The number of benzene rings is 2. The van der Waals surface area contributed by atoms with Gasteiger partial charge in [0.1, 0.15) is 6.07 Å². The van der Waals surface area contributed by atoms with Gasteiger partial charge in [-0.15, -0.1) is 0 Å². The molecule has 0 N–H and O–H groups in total. The molecule has 2 aromatic carbocycles. The molecule has 1 amide bonds. The van der Waals surface area contributed by atoms with E-state index in [0.717, 1.165) is 3.57 Å². The van der Waals surface area contributed by atoms with Crippen LogP contribution in [0.4, 0.5) is 5.69 Å². The number of carbonyl (C=O) groups is 1. The summed E-state index contributed by atoms with van der Waals surface area (Å²) >= 11 is 2.19. The minimum Gasteiger partial charge on any atom is -0.310 e.